The number of carbonyl (C=O) groups is 1. The van der Waals surface area contributed by atoms with Crippen molar-refractivity contribution in [2.24, 2.45) is 5.92 Å². The molecule has 1 amide bonds. The molecule has 0 aliphatic carbocycles. The molecule has 1 N–H and O–H groups in total. The summed E-state index contributed by atoms with van der Waals surface area (Å²) in [7, 11) is 4.82. The summed E-state index contributed by atoms with van der Waals surface area (Å²) in [4.78, 5) is 12.5. The molecule has 5 nitrogen and oxygen atoms in total. The number of hydrogen-bond donors (Lipinski definition) is 1. The molecule has 0 aliphatic rings. The number of nitrogens with one attached hydrogen (secondary N) is 1. The number of amides is 1. The van der Waals surface area contributed by atoms with Crippen molar-refractivity contribution >= 4 is 12.0 Å². The monoisotopic (exact) mass is 369 g/mol. The molecule has 0 aromatic heterocycles. The van der Waals surface area contributed by atoms with E-state index >= 15 is 0 Å². The van der Waals surface area contributed by atoms with Gasteiger partial charge in [0.25, 0.3) is 0 Å². The molecule has 0 saturated heterocycles. The van der Waals surface area contributed by atoms with Crippen molar-refractivity contribution in [3.05, 3.63) is 59.7 Å². The Kier molecular flexibility index (Phi) is 7.29. The highest BCUT2D eigenvalue weighted by atomic mass is 16.5. The third kappa shape index (κ3) is 5.78. The van der Waals surface area contributed by atoms with Crippen LogP contribution < -0.4 is 19.5 Å². The van der Waals surface area contributed by atoms with Gasteiger partial charge in [-0.05, 0) is 47.4 Å². The van der Waals surface area contributed by atoms with Crippen LogP contribution in [0.3, 0.4) is 0 Å². The summed E-state index contributed by atoms with van der Waals surface area (Å²) in [6.45, 7) is 4.15. The van der Waals surface area contributed by atoms with Gasteiger partial charge in [-0.2, -0.15) is 0 Å². The van der Waals surface area contributed by atoms with Gasteiger partial charge in [-0.15, -0.1) is 0 Å². The largest absolute Gasteiger partial charge is 0.497 e. The van der Waals surface area contributed by atoms with E-state index in [1.54, 1.807) is 33.5 Å². The number of rotatable bonds is 8. The number of hydrogen-bond acceptors (Lipinski definition) is 4. The van der Waals surface area contributed by atoms with E-state index in [4.69, 9.17) is 14.2 Å². The van der Waals surface area contributed by atoms with Gasteiger partial charge in [0, 0.05) is 12.1 Å². The van der Waals surface area contributed by atoms with Crippen LogP contribution in [-0.2, 0) is 4.79 Å². The predicted molar refractivity (Wildman–Crippen MR) is 107 cm³/mol. The van der Waals surface area contributed by atoms with Crippen molar-refractivity contribution in [1.82, 2.24) is 5.32 Å². The second-order valence-electron chi connectivity index (χ2n) is 6.48. The molecule has 0 spiro atoms. The molecule has 144 valence electrons. The maximum absolute atomic E-state index is 12.5. The van der Waals surface area contributed by atoms with Crippen LogP contribution in [-0.4, -0.2) is 27.2 Å². The summed E-state index contributed by atoms with van der Waals surface area (Å²) < 4.78 is 15.7. The topological polar surface area (TPSA) is 56.8 Å². The molecule has 2 aromatic carbocycles. The molecule has 1 unspecified atom stereocenters. The maximum Gasteiger partial charge on any atom is 0.244 e. The molecule has 0 bridgehead atoms. The van der Waals surface area contributed by atoms with Crippen molar-refractivity contribution in [1.29, 1.82) is 0 Å². The number of methoxy groups -OCH3 is 3. The van der Waals surface area contributed by atoms with E-state index in [1.807, 2.05) is 36.4 Å². The lowest BCUT2D eigenvalue weighted by Crippen LogP contribution is -2.30. The first kappa shape index (κ1) is 20.4. The highest BCUT2D eigenvalue weighted by Gasteiger charge is 2.17. The summed E-state index contributed by atoms with van der Waals surface area (Å²) >= 11 is 0. The van der Waals surface area contributed by atoms with Gasteiger partial charge < -0.3 is 19.5 Å². The Bertz CT molecular complexity index is 759. The molecule has 2 aromatic rings. The van der Waals surface area contributed by atoms with Crippen molar-refractivity contribution in [2.45, 2.75) is 19.9 Å². The minimum atomic E-state index is -0.161. The van der Waals surface area contributed by atoms with Gasteiger partial charge in [-0.25, -0.2) is 0 Å². The Balaban J connectivity index is 2.12. The minimum Gasteiger partial charge on any atom is -0.497 e. The first-order valence-corrected chi connectivity index (χ1v) is 8.82. The summed E-state index contributed by atoms with van der Waals surface area (Å²) in [5.41, 5.74) is 1.86. The van der Waals surface area contributed by atoms with E-state index < -0.39 is 0 Å². The summed E-state index contributed by atoms with van der Waals surface area (Å²) in [6.07, 6.45) is 3.26. The van der Waals surface area contributed by atoms with E-state index in [2.05, 4.69) is 19.2 Å². The lowest BCUT2D eigenvalue weighted by atomic mass is 9.96. The summed E-state index contributed by atoms with van der Waals surface area (Å²) in [5, 5.41) is 3.07. The lowest BCUT2D eigenvalue weighted by Gasteiger charge is -2.22. The van der Waals surface area contributed by atoms with Gasteiger partial charge in [0.2, 0.25) is 5.91 Å². The zero-order chi connectivity index (χ0) is 19.8. The van der Waals surface area contributed by atoms with Crippen molar-refractivity contribution in [2.75, 3.05) is 21.3 Å². The van der Waals surface area contributed by atoms with Gasteiger partial charge in [0.15, 0.2) is 0 Å². The first-order valence-electron chi connectivity index (χ1n) is 8.82. The quantitative estimate of drug-likeness (QED) is 0.707. The van der Waals surface area contributed by atoms with Crippen LogP contribution in [0, 0.1) is 5.92 Å². The third-order valence-electron chi connectivity index (χ3n) is 4.24. The molecule has 0 fully saturated rings. The van der Waals surface area contributed by atoms with Crippen LogP contribution in [0.25, 0.3) is 6.08 Å². The van der Waals surface area contributed by atoms with E-state index in [0.717, 1.165) is 16.9 Å². The van der Waals surface area contributed by atoms with Crippen LogP contribution in [0.5, 0.6) is 17.2 Å². The van der Waals surface area contributed by atoms with Gasteiger partial charge in [-0.1, -0.05) is 26.0 Å². The van der Waals surface area contributed by atoms with Crippen molar-refractivity contribution in [3.8, 4) is 17.2 Å². The third-order valence-corrected chi connectivity index (χ3v) is 4.24. The zero-order valence-electron chi connectivity index (χ0n) is 16.5. The van der Waals surface area contributed by atoms with E-state index in [0.29, 0.717) is 11.5 Å². The van der Waals surface area contributed by atoms with Crippen LogP contribution >= 0.6 is 0 Å². The molecule has 2 rings (SSSR count). The molecular formula is C22H27NO4. The number of carbonyl (C=O) groups excluding carboxylic acids is 1. The predicted octanol–water partition coefficient (Wildman–Crippen LogP) is 4.24. The molecule has 0 radical (unpaired) electrons. The molecule has 0 heterocycles. The standard InChI is InChI=1S/C22H27NO4/c1-15(2)22(17-7-9-18(25-3)10-8-17)23-21(24)11-6-16-12-19(26-4)14-20(13-16)27-5/h6-15,22H,1-5H3,(H,23,24)/b11-6+. The fourth-order valence-corrected chi connectivity index (χ4v) is 2.75. The van der Waals surface area contributed by atoms with Gasteiger partial charge >= 0.3 is 0 Å². The fraction of sp³-hybridized carbons (Fsp3) is 0.318. The second-order valence-corrected chi connectivity index (χ2v) is 6.48. The number of ether oxygens (including phenoxy) is 3. The van der Waals surface area contributed by atoms with Crippen LogP contribution in [0.2, 0.25) is 0 Å². The zero-order valence-corrected chi connectivity index (χ0v) is 16.5. The molecular weight excluding hydrogens is 342 g/mol. The van der Waals surface area contributed by atoms with Gasteiger partial charge in [0.1, 0.15) is 17.2 Å². The smallest absolute Gasteiger partial charge is 0.244 e. The van der Waals surface area contributed by atoms with E-state index in [1.165, 1.54) is 6.08 Å². The average Bonchev–Trinajstić information content (AvgIpc) is 2.70. The Morgan fingerprint density at radius 3 is 1.93 bits per heavy atom. The molecule has 27 heavy (non-hydrogen) atoms. The first-order chi connectivity index (χ1) is 13.0. The molecule has 1 atom stereocenters. The summed E-state index contributed by atoms with van der Waals surface area (Å²) in [6, 6.07) is 13.1. The molecule has 0 aliphatic heterocycles. The SMILES string of the molecule is COc1ccc(C(NC(=O)/C=C/c2cc(OC)cc(OC)c2)C(C)C)cc1. The second kappa shape index (κ2) is 9.67. The Labute approximate surface area is 161 Å². The van der Waals surface area contributed by atoms with Crippen molar-refractivity contribution in [3.63, 3.8) is 0 Å². The molecule has 5 heteroatoms. The highest BCUT2D eigenvalue weighted by Crippen LogP contribution is 2.25. The average molecular weight is 369 g/mol. The van der Waals surface area contributed by atoms with Crippen LogP contribution in [0.4, 0.5) is 0 Å². The Hall–Kier alpha value is -2.95. The fourth-order valence-electron chi connectivity index (χ4n) is 2.75. The van der Waals surface area contributed by atoms with E-state index in [-0.39, 0.29) is 17.9 Å². The number of benzene rings is 2. The van der Waals surface area contributed by atoms with Crippen molar-refractivity contribution < 1.29 is 19.0 Å². The summed E-state index contributed by atoms with van der Waals surface area (Å²) in [5.74, 6) is 2.22. The van der Waals surface area contributed by atoms with Crippen LogP contribution in [0.1, 0.15) is 31.0 Å². The van der Waals surface area contributed by atoms with E-state index in [9.17, 15) is 4.79 Å². The Morgan fingerprint density at radius 2 is 1.44 bits per heavy atom. The Morgan fingerprint density at radius 1 is 0.889 bits per heavy atom. The minimum absolute atomic E-state index is 0.0899. The van der Waals surface area contributed by atoms with Crippen LogP contribution in [0.15, 0.2) is 48.5 Å². The molecule has 0 saturated carbocycles. The van der Waals surface area contributed by atoms with Gasteiger partial charge in [0.05, 0.1) is 27.4 Å². The van der Waals surface area contributed by atoms with Gasteiger partial charge in [-0.3, -0.25) is 4.79 Å². The normalized spacial score (nSPS) is 12.1. The highest BCUT2D eigenvalue weighted by molar-refractivity contribution is 5.92. The maximum atomic E-state index is 12.5. The lowest BCUT2D eigenvalue weighted by molar-refractivity contribution is -0.117.